The van der Waals surface area contributed by atoms with E-state index >= 15 is 0 Å². The summed E-state index contributed by atoms with van der Waals surface area (Å²) in [5.41, 5.74) is 0.759. The molecule has 2 aromatic carbocycles. The van der Waals surface area contributed by atoms with Crippen molar-refractivity contribution in [1.82, 2.24) is 9.80 Å². The second kappa shape index (κ2) is 10.3. The van der Waals surface area contributed by atoms with E-state index in [1.165, 1.54) is 4.90 Å². The molecule has 1 saturated heterocycles. The third-order valence-electron chi connectivity index (χ3n) is 6.83. The number of carboxylic acid groups (broad SMARTS) is 1. The molecule has 176 valence electrons. The van der Waals surface area contributed by atoms with Crippen LogP contribution in [0.4, 0.5) is 4.79 Å². The van der Waals surface area contributed by atoms with Crippen LogP contribution >= 0.6 is 0 Å². The topological polar surface area (TPSA) is 90.3 Å². The van der Waals surface area contributed by atoms with E-state index in [4.69, 9.17) is 4.74 Å². The lowest BCUT2D eigenvalue weighted by Gasteiger charge is -2.42. The van der Waals surface area contributed by atoms with Crippen molar-refractivity contribution >= 4 is 12.0 Å². The molecule has 2 aromatic rings. The van der Waals surface area contributed by atoms with Crippen LogP contribution in [0.3, 0.4) is 0 Å². The van der Waals surface area contributed by atoms with Gasteiger partial charge in [-0.25, -0.2) is 4.79 Å². The second-order valence-electron chi connectivity index (χ2n) is 9.04. The maximum absolute atomic E-state index is 13.6. The molecule has 7 heteroatoms. The molecule has 0 aromatic heterocycles. The van der Waals surface area contributed by atoms with Crippen LogP contribution in [-0.4, -0.2) is 63.8 Å². The summed E-state index contributed by atoms with van der Waals surface area (Å²) in [6, 6.07) is 17.4. The van der Waals surface area contributed by atoms with Gasteiger partial charge in [0.05, 0.1) is 11.5 Å². The van der Waals surface area contributed by atoms with Crippen molar-refractivity contribution in [2.24, 2.45) is 0 Å². The highest BCUT2D eigenvalue weighted by Gasteiger charge is 2.45. The number of piperazine rings is 1. The normalized spacial score (nSPS) is 19.1. The number of nitrogens with zero attached hydrogens (tertiary/aromatic N) is 2. The van der Waals surface area contributed by atoms with Crippen molar-refractivity contribution in [2.45, 2.75) is 50.2 Å². The van der Waals surface area contributed by atoms with Crippen LogP contribution in [0, 0.1) is 0 Å². The lowest BCUT2D eigenvalue weighted by Crippen LogP contribution is -2.54. The first kappa shape index (κ1) is 23.1. The van der Waals surface area contributed by atoms with E-state index in [-0.39, 0.29) is 5.91 Å². The summed E-state index contributed by atoms with van der Waals surface area (Å²) in [7, 11) is 0. The summed E-state index contributed by atoms with van der Waals surface area (Å²) < 4.78 is 5.89. The van der Waals surface area contributed by atoms with Crippen LogP contribution in [0.25, 0.3) is 0 Å². The third-order valence-corrected chi connectivity index (χ3v) is 6.83. The van der Waals surface area contributed by atoms with E-state index in [0.29, 0.717) is 51.4 Å². The van der Waals surface area contributed by atoms with Crippen LogP contribution in [-0.2, 0) is 11.4 Å². The number of rotatable bonds is 6. The maximum Gasteiger partial charge on any atom is 0.407 e. The Morgan fingerprint density at radius 1 is 0.879 bits per heavy atom. The zero-order valence-electron chi connectivity index (χ0n) is 18.9. The fourth-order valence-electron chi connectivity index (χ4n) is 4.93. The zero-order valence-corrected chi connectivity index (χ0v) is 18.9. The molecule has 1 saturated carbocycles. The highest BCUT2D eigenvalue weighted by molar-refractivity contribution is 5.85. The van der Waals surface area contributed by atoms with E-state index in [2.05, 4.69) is 0 Å². The minimum Gasteiger partial charge on any atom is -0.489 e. The van der Waals surface area contributed by atoms with Gasteiger partial charge in [-0.15, -0.1) is 0 Å². The molecule has 0 bridgehead atoms. The summed E-state index contributed by atoms with van der Waals surface area (Å²) in [5, 5.41) is 20.8. The van der Waals surface area contributed by atoms with Gasteiger partial charge in [0.2, 0.25) is 5.91 Å². The number of ether oxygens (including phenoxy) is 1. The Kier molecular flexibility index (Phi) is 7.18. The Morgan fingerprint density at radius 2 is 1.48 bits per heavy atom. The lowest BCUT2D eigenvalue weighted by molar-refractivity contribution is -0.143. The largest absolute Gasteiger partial charge is 0.489 e. The molecular weight excluding hydrogens is 420 g/mol. The third kappa shape index (κ3) is 5.47. The Labute approximate surface area is 194 Å². The highest BCUT2D eigenvalue weighted by Crippen LogP contribution is 2.41. The van der Waals surface area contributed by atoms with E-state index in [1.54, 1.807) is 4.90 Å². The molecular formula is C26H32N2O5. The Balaban J connectivity index is 1.51. The van der Waals surface area contributed by atoms with Gasteiger partial charge in [0.15, 0.2) is 0 Å². The van der Waals surface area contributed by atoms with Crippen molar-refractivity contribution < 1.29 is 24.5 Å². The first-order chi connectivity index (χ1) is 16.0. The Morgan fingerprint density at radius 3 is 2.09 bits per heavy atom. The van der Waals surface area contributed by atoms with Gasteiger partial charge in [-0.2, -0.15) is 0 Å². The fourth-order valence-corrected chi connectivity index (χ4v) is 4.93. The molecule has 2 N–H and O–H groups in total. The van der Waals surface area contributed by atoms with E-state index in [1.807, 2.05) is 54.6 Å². The SMILES string of the molecule is O=C(O)N1CCN(C(=O)C(c2ccc(OCc3ccccc3)cc2)C2(O)CCCCC2)CC1. The molecule has 2 fully saturated rings. The summed E-state index contributed by atoms with van der Waals surface area (Å²) in [5.74, 6) is -0.0840. The van der Waals surface area contributed by atoms with Crippen LogP contribution in [0.15, 0.2) is 54.6 Å². The van der Waals surface area contributed by atoms with Crippen molar-refractivity contribution in [3.63, 3.8) is 0 Å². The number of amides is 2. The monoisotopic (exact) mass is 452 g/mol. The average Bonchev–Trinajstić information content (AvgIpc) is 2.84. The summed E-state index contributed by atoms with van der Waals surface area (Å²) in [6.45, 7) is 1.73. The van der Waals surface area contributed by atoms with Crippen LogP contribution in [0.2, 0.25) is 0 Å². The molecule has 33 heavy (non-hydrogen) atoms. The number of aliphatic hydroxyl groups is 1. The molecule has 0 radical (unpaired) electrons. The Hall–Kier alpha value is -3.06. The molecule has 1 aliphatic carbocycles. The summed E-state index contributed by atoms with van der Waals surface area (Å²) in [4.78, 5) is 27.9. The van der Waals surface area contributed by atoms with Crippen molar-refractivity contribution in [3.05, 3.63) is 65.7 Å². The van der Waals surface area contributed by atoms with Crippen molar-refractivity contribution in [2.75, 3.05) is 26.2 Å². The molecule has 2 aliphatic rings. The molecule has 1 aliphatic heterocycles. The number of benzene rings is 2. The first-order valence-corrected chi connectivity index (χ1v) is 11.7. The quantitative estimate of drug-likeness (QED) is 0.695. The molecule has 0 spiro atoms. The second-order valence-corrected chi connectivity index (χ2v) is 9.04. The van der Waals surface area contributed by atoms with Gasteiger partial charge in [-0.3, -0.25) is 4.79 Å². The van der Waals surface area contributed by atoms with Gasteiger partial charge >= 0.3 is 6.09 Å². The zero-order chi connectivity index (χ0) is 23.3. The summed E-state index contributed by atoms with van der Waals surface area (Å²) in [6.07, 6.45) is 3.06. The molecule has 2 amide bonds. The number of hydrogen-bond acceptors (Lipinski definition) is 4. The smallest absolute Gasteiger partial charge is 0.407 e. The molecule has 4 rings (SSSR count). The predicted molar refractivity (Wildman–Crippen MR) is 124 cm³/mol. The van der Waals surface area contributed by atoms with Crippen LogP contribution in [0.5, 0.6) is 5.75 Å². The van der Waals surface area contributed by atoms with Crippen LogP contribution in [0.1, 0.15) is 49.1 Å². The first-order valence-electron chi connectivity index (χ1n) is 11.7. The maximum atomic E-state index is 13.6. The molecule has 7 nitrogen and oxygen atoms in total. The standard InChI is InChI=1S/C26H32N2O5/c29-24(27-15-17-28(18-16-27)25(30)31)23(26(32)13-5-2-6-14-26)21-9-11-22(12-10-21)33-19-20-7-3-1-4-8-20/h1,3-4,7-12,23,32H,2,5-6,13-19H2,(H,30,31). The Bertz CT molecular complexity index is 933. The van der Waals surface area contributed by atoms with Gasteiger partial charge in [-0.05, 0) is 36.1 Å². The van der Waals surface area contributed by atoms with Crippen molar-refractivity contribution in [3.8, 4) is 5.75 Å². The fraction of sp³-hybridized carbons (Fsp3) is 0.462. The molecule has 1 atom stereocenters. The molecule has 1 heterocycles. The van der Waals surface area contributed by atoms with E-state index in [0.717, 1.165) is 30.4 Å². The van der Waals surface area contributed by atoms with Gasteiger partial charge in [0, 0.05) is 26.2 Å². The number of hydrogen-bond donors (Lipinski definition) is 2. The van der Waals surface area contributed by atoms with Crippen LogP contribution < -0.4 is 4.74 Å². The lowest BCUT2D eigenvalue weighted by atomic mass is 9.72. The van der Waals surface area contributed by atoms with Gasteiger partial charge < -0.3 is 24.7 Å². The molecule has 1 unspecified atom stereocenters. The van der Waals surface area contributed by atoms with E-state index < -0.39 is 17.6 Å². The average molecular weight is 453 g/mol. The van der Waals surface area contributed by atoms with Crippen molar-refractivity contribution in [1.29, 1.82) is 0 Å². The minimum atomic E-state index is -1.09. The number of carbonyl (C=O) groups is 2. The van der Waals surface area contributed by atoms with Gasteiger partial charge in [0.25, 0.3) is 0 Å². The number of carbonyl (C=O) groups excluding carboxylic acids is 1. The predicted octanol–water partition coefficient (Wildman–Crippen LogP) is 3.87. The highest BCUT2D eigenvalue weighted by atomic mass is 16.5. The van der Waals surface area contributed by atoms with Gasteiger partial charge in [0.1, 0.15) is 12.4 Å². The summed E-state index contributed by atoms with van der Waals surface area (Å²) >= 11 is 0. The van der Waals surface area contributed by atoms with E-state index in [9.17, 15) is 19.8 Å². The van der Waals surface area contributed by atoms with Gasteiger partial charge in [-0.1, -0.05) is 61.7 Å². The minimum absolute atomic E-state index is 0.123.